The Morgan fingerprint density at radius 3 is 2.75 bits per heavy atom. The molecule has 1 N–H and O–H groups in total. The minimum Gasteiger partial charge on any atom is -0.493 e. The third kappa shape index (κ3) is 3.73. The van der Waals surface area contributed by atoms with Crippen molar-refractivity contribution >= 4 is 6.29 Å². The van der Waals surface area contributed by atoms with Gasteiger partial charge < -0.3 is 14.4 Å². The Morgan fingerprint density at radius 2 is 2.10 bits per heavy atom. The van der Waals surface area contributed by atoms with Crippen molar-refractivity contribution in [3.05, 3.63) is 23.8 Å². The number of likely N-dealkylation sites (tertiary alicyclic amines) is 1. The fraction of sp³-hybridized carbons (Fsp3) is 0.562. The van der Waals surface area contributed by atoms with E-state index < -0.39 is 0 Å². The Labute approximate surface area is 120 Å². The van der Waals surface area contributed by atoms with E-state index in [4.69, 9.17) is 9.47 Å². The molecule has 1 aromatic rings. The number of carbonyl (C=O) groups is 1. The maximum absolute atomic E-state index is 11.1. The van der Waals surface area contributed by atoms with E-state index in [1.165, 1.54) is 25.9 Å². The number of rotatable bonds is 6. The molecule has 1 aliphatic rings. The molecular weight excluding hydrogens is 254 g/mol. The summed E-state index contributed by atoms with van der Waals surface area (Å²) in [4.78, 5) is 12.6. The SMILES string of the molecule is COc1cccc(C=O)c1OCC[NH+]1CCC(C)CC1. The van der Waals surface area contributed by atoms with Crippen LogP contribution < -0.4 is 14.4 Å². The predicted octanol–water partition coefficient (Wildman–Crippen LogP) is 1.20. The summed E-state index contributed by atoms with van der Waals surface area (Å²) in [6, 6.07) is 5.37. The van der Waals surface area contributed by atoms with Crippen molar-refractivity contribution in [3.63, 3.8) is 0 Å². The van der Waals surface area contributed by atoms with Crippen LogP contribution in [0.3, 0.4) is 0 Å². The van der Waals surface area contributed by atoms with Gasteiger partial charge in [-0.15, -0.1) is 0 Å². The summed E-state index contributed by atoms with van der Waals surface area (Å²) < 4.78 is 11.1. The van der Waals surface area contributed by atoms with E-state index in [2.05, 4.69) is 6.92 Å². The summed E-state index contributed by atoms with van der Waals surface area (Å²) in [5.74, 6) is 2.04. The number of aldehydes is 1. The summed E-state index contributed by atoms with van der Waals surface area (Å²) in [6.07, 6.45) is 3.40. The Bertz CT molecular complexity index is 439. The first kappa shape index (κ1) is 14.9. The van der Waals surface area contributed by atoms with Crippen LogP contribution in [0.25, 0.3) is 0 Å². The van der Waals surface area contributed by atoms with Gasteiger partial charge in [-0.05, 0) is 30.9 Å². The average Bonchev–Trinajstić information content (AvgIpc) is 2.49. The highest BCUT2D eigenvalue weighted by Crippen LogP contribution is 2.29. The average molecular weight is 278 g/mol. The molecule has 4 heteroatoms. The minimum absolute atomic E-state index is 0.548. The molecule has 110 valence electrons. The molecular formula is C16H24NO3+. The van der Waals surface area contributed by atoms with E-state index in [1.54, 1.807) is 24.1 Å². The Hall–Kier alpha value is -1.55. The van der Waals surface area contributed by atoms with Crippen LogP contribution in [0.4, 0.5) is 0 Å². The maximum atomic E-state index is 11.1. The molecule has 0 amide bonds. The van der Waals surface area contributed by atoms with E-state index in [1.807, 2.05) is 6.07 Å². The molecule has 1 saturated heterocycles. The van der Waals surface area contributed by atoms with Gasteiger partial charge in [-0.2, -0.15) is 0 Å². The zero-order valence-electron chi connectivity index (χ0n) is 12.4. The molecule has 2 rings (SSSR count). The number of hydrogen-bond acceptors (Lipinski definition) is 3. The predicted molar refractivity (Wildman–Crippen MR) is 77.8 cm³/mol. The summed E-state index contributed by atoms with van der Waals surface area (Å²) in [6.45, 7) is 6.35. The van der Waals surface area contributed by atoms with Crippen molar-refractivity contribution in [2.75, 3.05) is 33.4 Å². The van der Waals surface area contributed by atoms with Crippen LogP contribution >= 0.6 is 0 Å². The summed E-state index contributed by atoms with van der Waals surface area (Å²) in [7, 11) is 1.59. The van der Waals surface area contributed by atoms with Gasteiger partial charge in [-0.3, -0.25) is 4.79 Å². The highest BCUT2D eigenvalue weighted by molar-refractivity contribution is 5.81. The quantitative estimate of drug-likeness (QED) is 0.795. The van der Waals surface area contributed by atoms with Gasteiger partial charge in [-0.1, -0.05) is 13.0 Å². The first-order chi connectivity index (χ1) is 9.74. The molecule has 0 radical (unpaired) electrons. The number of benzene rings is 1. The van der Waals surface area contributed by atoms with Crippen LogP contribution in [-0.4, -0.2) is 39.6 Å². The van der Waals surface area contributed by atoms with Crippen LogP contribution in [0.15, 0.2) is 18.2 Å². The van der Waals surface area contributed by atoms with Gasteiger partial charge in [0.1, 0.15) is 13.2 Å². The van der Waals surface area contributed by atoms with E-state index in [0.29, 0.717) is 23.7 Å². The van der Waals surface area contributed by atoms with Gasteiger partial charge in [-0.25, -0.2) is 0 Å². The summed E-state index contributed by atoms with van der Waals surface area (Å²) in [5, 5.41) is 0. The number of piperidine rings is 1. The lowest BCUT2D eigenvalue weighted by Gasteiger charge is -2.27. The zero-order chi connectivity index (χ0) is 14.4. The van der Waals surface area contributed by atoms with Gasteiger partial charge in [0.05, 0.1) is 25.8 Å². The van der Waals surface area contributed by atoms with Gasteiger partial charge in [0.25, 0.3) is 0 Å². The lowest BCUT2D eigenvalue weighted by atomic mass is 9.99. The molecule has 0 aliphatic carbocycles. The monoisotopic (exact) mass is 278 g/mol. The van der Waals surface area contributed by atoms with Crippen molar-refractivity contribution in [2.45, 2.75) is 19.8 Å². The molecule has 1 aliphatic heterocycles. The number of hydrogen-bond donors (Lipinski definition) is 1. The molecule has 0 bridgehead atoms. The molecule has 0 aromatic heterocycles. The molecule has 0 atom stereocenters. The first-order valence-electron chi connectivity index (χ1n) is 7.33. The summed E-state index contributed by atoms with van der Waals surface area (Å²) >= 11 is 0. The van der Waals surface area contributed by atoms with Crippen LogP contribution in [0.2, 0.25) is 0 Å². The largest absolute Gasteiger partial charge is 0.493 e. The fourth-order valence-corrected chi connectivity index (χ4v) is 2.66. The smallest absolute Gasteiger partial charge is 0.171 e. The van der Waals surface area contributed by atoms with Gasteiger partial charge in [0.15, 0.2) is 17.8 Å². The van der Waals surface area contributed by atoms with Crippen molar-refractivity contribution in [1.82, 2.24) is 0 Å². The topological polar surface area (TPSA) is 40.0 Å². The minimum atomic E-state index is 0.548. The molecule has 20 heavy (non-hydrogen) atoms. The molecule has 1 aromatic carbocycles. The Balaban J connectivity index is 1.89. The highest BCUT2D eigenvalue weighted by Gasteiger charge is 2.19. The number of ether oxygens (including phenoxy) is 2. The van der Waals surface area contributed by atoms with Crippen molar-refractivity contribution < 1.29 is 19.2 Å². The van der Waals surface area contributed by atoms with Crippen LogP contribution in [0.5, 0.6) is 11.5 Å². The second-order valence-corrected chi connectivity index (χ2v) is 5.53. The van der Waals surface area contributed by atoms with Crippen LogP contribution in [-0.2, 0) is 0 Å². The van der Waals surface area contributed by atoms with Crippen LogP contribution in [0, 0.1) is 5.92 Å². The molecule has 0 unspecified atom stereocenters. The normalized spacial score (nSPS) is 22.3. The third-order valence-electron chi connectivity index (χ3n) is 4.04. The van der Waals surface area contributed by atoms with Crippen molar-refractivity contribution in [3.8, 4) is 11.5 Å². The summed E-state index contributed by atoms with van der Waals surface area (Å²) in [5.41, 5.74) is 0.548. The highest BCUT2D eigenvalue weighted by atomic mass is 16.5. The molecule has 0 spiro atoms. The van der Waals surface area contributed by atoms with Gasteiger partial charge in [0, 0.05) is 0 Å². The van der Waals surface area contributed by atoms with Gasteiger partial charge in [0.2, 0.25) is 0 Å². The lowest BCUT2D eigenvalue weighted by molar-refractivity contribution is -0.906. The fourth-order valence-electron chi connectivity index (χ4n) is 2.66. The van der Waals surface area contributed by atoms with Crippen molar-refractivity contribution in [1.29, 1.82) is 0 Å². The lowest BCUT2D eigenvalue weighted by Crippen LogP contribution is -3.13. The van der Waals surface area contributed by atoms with E-state index in [0.717, 1.165) is 18.7 Å². The van der Waals surface area contributed by atoms with E-state index in [9.17, 15) is 4.79 Å². The van der Waals surface area contributed by atoms with Crippen LogP contribution in [0.1, 0.15) is 30.1 Å². The number of nitrogens with one attached hydrogen (secondary N) is 1. The Morgan fingerprint density at radius 1 is 1.35 bits per heavy atom. The van der Waals surface area contributed by atoms with Gasteiger partial charge >= 0.3 is 0 Å². The molecule has 1 fully saturated rings. The number of quaternary nitrogens is 1. The molecule has 4 nitrogen and oxygen atoms in total. The number of para-hydroxylation sites is 1. The maximum Gasteiger partial charge on any atom is 0.171 e. The Kier molecular flexibility index (Phi) is 5.41. The standard InChI is InChI=1S/C16H23NO3/c1-13-6-8-17(9-7-13)10-11-20-16-14(12-18)4-3-5-15(16)19-2/h3-5,12-13H,6-11H2,1-2H3/p+1. The second-order valence-electron chi connectivity index (χ2n) is 5.53. The number of methoxy groups -OCH3 is 1. The number of carbonyl (C=O) groups excluding carboxylic acids is 1. The van der Waals surface area contributed by atoms with E-state index in [-0.39, 0.29) is 0 Å². The molecule has 1 heterocycles. The first-order valence-corrected chi connectivity index (χ1v) is 7.33. The molecule has 0 saturated carbocycles. The van der Waals surface area contributed by atoms with Crippen molar-refractivity contribution in [2.24, 2.45) is 5.92 Å². The zero-order valence-corrected chi connectivity index (χ0v) is 12.4. The third-order valence-corrected chi connectivity index (χ3v) is 4.04. The second kappa shape index (κ2) is 7.29. The van der Waals surface area contributed by atoms with E-state index >= 15 is 0 Å².